The lowest BCUT2D eigenvalue weighted by molar-refractivity contribution is -0.304. The van der Waals surface area contributed by atoms with Gasteiger partial charge in [-0.2, -0.15) is 5.26 Å². The number of hydrogen-bond donors (Lipinski definition) is 7. The lowest BCUT2D eigenvalue weighted by Crippen LogP contribution is -2.62. The topological polar surface area (TPSA) is 266 Å². The summed E-state index contributed by atoms with van der Waals surface area (Å²) < 4.78 is 51.6. The molecular weight excluding hydrogens is 1060 g/mol. The van der Waals surface area contributed by atoms with Crippen LogP contribution in [0, 0.1) is 46.3 Å². The maximum absolute atomic E-state index is 14.5. The van der Waals surface area contributed by atoms with Gasteiger partial charge in [0.15, 0.2) is 10.4 Å². The zero-order valence-electron chi connectivity index (χ0n) is 44.2. The number of ether oxygens (including phenoxy) is 6. The zero-order chi connectivity index (χ0) is 54.5. The summed E-state index contributed by atoms with van der Waals surface area (Å²) in [5, 5.41) is 78.9. The number of aliphatic hydroxyl groups excluding tert-OH is 4. The van der Waals surface area contributed by atoms with E-state index in [1.165, 1.54) is 21.1 Å². The molecule has 4 heterocycles. The van der Waals surface area contributed by atoms with Crippen LogP contribution in [0.5, 0.6) is 0 Å². The molecule has 0 bridgehead atoms. The van der Waals surface area contributed by atoms with E-state index in [1.54, 1.807) is 99.9 Å². The van der Waals surface area contributed by atoms with Gasteiger partial charge in [-0.3, -0.25) is 9.59 Å². The number of nitrogens with one attached hydrogen (secondary N) is 2. The maximum atomic E-state index is 14.5. The molecule has 0 spiro atoms. The third-order valence-electron chi connectivity index (χ3n) is 16.1. The van der Waals surface area contributed by atoms with Crippen LogP contribution in [-0.2, 0) is 38.0 Å². The smallest absolute Gasteiger partial charge is 0.310 e. The molecule has 1 aromatic carbocycles. The summed E-state index contributed by atoms with van der Waals surface area (Å²) in [6.07, 6.45) is -7.35. The monoisotopic (exact) mass is 1140 g/mol. The van der Waals surface area contributed by atoms with Crippen molar-refractivity contribution < 1.29 is 67.9 Å². The molecule has 5 rings (SSSR count). The molecule has 2 aromatic rings. The summed E-state index contributed by atoms with van der Waals surface area (Å²) in [7, 11) is 4.76. The standard InChI is InChI=1S/C53H79FIN5O13/c1-27-22-52(8,69-12)47(29(3)41(39-23-51(7,68-11)46(65)32(6)71-39)30(4)48(66)73-50(55)53(9,67)45(64)31(5)42(27)57)72-49-44(63)38(21-28(2)70-49)60(10)20-19-40(61)59-37(24-54)43(62)34-15-13-33(14-16-34)35-17-18-36(25-56)58-26-35/h13-18,26-32,37-39,41,43-47,49-50,57,62-65,67H,19-24H2,1-12H3,(H,59,61)/t27-,28-,29+,30-,31+,32+,37-,38+,39-,41?,43-,44-,45-,46+,47-,49+,50+,51-,52-,53+/m1/s1. The van der Waals surface area contributed by atoms with Crippen molar-refractivity contribution in [2.24, 2.45) is 29.6 Å². The molecule has 3 aliphatic rings. The number of benzene rings is 1. The van der Waals surface area contributed by atoms with E-state index in [-0.39, 0.29) is 37.2 Å². The van der Waals surface area contributed by atoms with Crippen molar-refractivity contribution in [3.05, 3.63) is 53.9 Å². The molecule has 73 heavy (non-hydrogen) atoms. The van der Waals surface area contributed by atoms with Crippen LogP contribution in [0.3, 0.4) is 0 Å². The van der Waals surface area contributed by atoms with Gasteiger partial charge in [0.2, 0.25) is 5.91 Å². The molecule has 1 amide bonds. The molecule has 7 N–H and O–H groups in total. The Balaban J connectivity index is 1.41. The number of methoxy groups -OCH3 is 2. The predicted molar refractivity (Wildman–Crippen MR) is 277 cm³/mol. The highest BCUT2D eigenvalue weighted by molar-refractivity contribution is 14.1. The van der Waals surface area contributed by atoms with Crippen molar-refractivity contribution in [3.8, 4) is 17.2 Å². The number of halogens is 2. The summed E-state index contributed by atoms with van der Waals surface area (Å²) in [6.45, 7) is 14.7. The number of carbonyl (C=O) groups is 2. The minimum Gasteiger partial charge on any atom is -0.448 e. The average molecular weight is 1140 g/mol. The maximum Gasteiger partial charge on any atom is 0.310 e. The Morgan fingerprint density at radius 2 is 1.62 bits per heavy atom. The van der Waals surface area contributed by atoms with Crippen LogP contribution in [0.2, 0.25) is 0 Å². The molecule has 0 aliphatic carbocycles. The first-order valence-corrected chi connectivity index (χ1v) is 26.4. The number of aliphatic hydroxyl groups is 5. The number of nitriles is 1. The number of hydrogen-bond acceptors (Lipinski definition) is 17. The van der Waals surface area contributed by atoms with E-state index < -0.39 is 136 Å². The molecule has 3 saturated heterocycles. The van der Waals surface area contributed by atoms with E-state index >= 15 is 0 Å². The lowest BCUT2D eigenvalue weighted by Gasteiger charge is -2.52. The van der Waals surface area contributed by atoms with Gasteiger partial charge in [-0.05, 0) is 112 Å². The summed E-state index contributed by atoms with van der Waals surface area (Å²) in [5.74, 6) is -5.08. The molecule has 0 saturated carbocycles. The number of amides is 1. The van der Waals surface area contributed by atoms with Crippen molar-refractivity contribution in [1.82, 2.24) is 15.2 Å². The van der Waals surface area contributed by atoms with E-state index in [0.717, 1.165) is 11.1 Å². The van der Waals surface area contributed by atoms with Crippen LogP contribution in [0.25, 0.3) is 11.1 Å². The van der Waals surface area contributed by atoms with Gasteiger partial charge in [0.1, 0.15) is 42.4 Å². The normalized spacial score (nSPS) is 38.9. The van der Waals surface area contributed by atoms with Crippen LogP contribution >= 0.6 is 22.6 Å². The molecule has 18 nitrogen and oxygen atoms in total. The molecular formula is C53H79FIN5O13. The van der Waals surface area contributed by atoms with Crippen LogP contribution < -0.4 is 5.32 Å². The molecule has 0 radical (unpaired) electrons. The van der Waals surface area contributed by atoms with Crippen molar-refractivity contribution in [2.75, 3.05) is 34.5 Å². The van der Waals surface area contributed by atoms with Crippen molar-refractivity contribution >= 4 is 40.2 Å². The Morgan fingerprint density at radius 1 is 0.986 bits per heavy atom. The second kappa shape index (κ2) is 25.2. The number of rotatable bonds is 14. The fourth-order valence-electron chi connectivity index (χ4n) is 11.2. The van der Waals surface area contributed by atoms with Crippen molar-refractivity contribution in [3.63, 3.8) is 0 Å². The van der Waals surface area contributed by atoms with Gasteiger partial charge in [-0.1, -0.05) is 52.0 Å². The number of esters is 1. The third-order valence-corrected chi connectivity index (χ3v) is 17.6. The number of likely N-dealkylation sites (N-methyl/N-ethyl adjacent to an activating group) is 1. The number of pyridine rings is 1. The van der Waals surface area contributed by atoms with E-state index in [2.05, 4.69) is 10.3 Å². The van der Waals surface area contributed by atoms with Crippen LogP contribution in [-0.4, -0.2) is 170 Å². The van der Waals surface area contributed by atoms with Crippen LogP contribution in [0.4, 0.5) is 4.39 Å². The van der Waals surface area contributed by atoms with Crippen LogP contribution in [0.15, 0.2) is 42.6 Å². The van der Waals surface area contributed by atoms with Gasteiger partial charge in [0.25, 0.3) is 0 Å². The summed E-state index contributed by atoms with van der Waals surface area (Å²) in [5.41, 5.74) is -2.04. The Kier molecular flexibility index (Phi) is 20.9. The molecule has 20 heteroatoms. The Morgan fingerprint density at radius 3 is 2.19 bits per heavy atom. The number of aromatic nitrogens is 1. The van der Waals surface area contributed by atoms with Gasteiger partial charge in [-0.15, -0.1) is 0 Å². The Labute approximate surface area is 443 Å². The second-order valence-corrected chi connectivity index (χ2v) is 22.5. The fraction of sp³-hybridized carbons (Fsp3) is 0.717. The Hall–Kier alpha value is -3.31. The molecule has 3 fully saturated rings. The quantitative estimate of drug-likeness (QED) is 0.0743. The third kappa shape index (κ3) is 13.6. The summed E-state index contributed by atoms with van der Waals surface area (Å²) in [6, 6.07) is 10.2. The lowest BCUT2D eigenvalue weighted by atomic mass is 9.68. The second-order valence-electron chi connectivity index (χ2n) is 21.4. The Bertz CT molecular complexity index is 2210. The minimum atomic E-state index is -1.96. The van der Waals surface area contributed by atoms with E-state index in [4.69, 9.17) is 33.7 Å². The number of alkyl halides is 2. The highest BCUT2D eigenvalue weighted by Crippen LogP contribution is 2.46. The van der Waals surface area contributed by atoms with Gasteiger partial charge in [0.05, 0.1) is 53.7 Å². The van der Waals surface area contributed by atoms with Crippen molar-refractivity contribution in [1.29, 1.82) is 10.7 Å². The molecule has 1 unspecified atom stereocenters. The van der Waals surface area contributed by atoms with Gasteiger partial charge in [-0.25, -0.2) is 9.37 Å². The largest absolute Gasteiger partial charge is 0.448 e. The predicted octanol–water partition coefficient (Wildman–Crippen LogP) is 5.03. The summed E-state index contributed by atoms with van der Waals surface area (Å²) >= 11 is 1.79. The SMILES string of the molecule is CO[C@]1(C)C[C@@H](C)C(=N)[C@H](C)[C@@H](O)[C@](C)(O)[C@@H](I)OC(=O)[C@H](C)C([C@H]2C[C@@](C)(OC)[C@@H](O)[C@H](C)O2)[C@H](C)[C@H]1O[C@@H]1O[C@H](C)C[C@H](N(C)CCC(=O)N[C@H](CF)[C@H](O)c2ccc(-c3ccc(C#N)nc3)cc2)[C@H]1O. The van der Waals surface area contributed by atoms with E-state index in [1.807, 2.05) is 38.7 Å². The number of nitrogens with zero attached hydrogens (tertiary/aromatic N) is 3. The van der Waals surface area contributed by atoms with E-state index in [0.29, 0.717) is 12.0 Å². The first kappa shape index (κ1) is 60.6. The van der Waals surface area contributed by atoms with E-state index in [9.17, 15) is 44.9 Å². The van der Waals surface area contributed by atoms with Crippen LogP contribution in [0.1, 0.15) is 105 Å². The first-order valence-electron chi connectivity index (χ1n) is 25.1. The highest BCUT2D eigenvalue weighted by atomic mass is 127. The first-order chi connectivity index (χ1) is 34.2. The number of carbonyl (C=O) groups excluding carboxylic acids is 2. The minimum absolute atomic E-state index is 0.106. The van der Waals surface area contributed by atoms with Crippen molar-refractivity contribution in [2.45, 2.75) is 176 Å². The average Bonchev–Trinajstić information content (AvgIpc) is 3.37. The molecule has 3 aliphatic heterocycles. The molecule has 408 valence electrons. The highest BCUT2D eigenvalue weighted by Gasteiger charge is 2.56. The van der Waals surface area contributed by atoms with Gasteiger partial charge < -0.3 is 69.6 Å². The number of cyclic esters (lactones) is 1. The molecule has 1 aromatic heterocycles. The summed E-state index contributed by atoms with van der Waals surface area (Å²) in [4.78, 5) is 33.8. The molecule has 20 atom stereocenters. The van der Waals surface area contributed by atoms with Gasteiger partial charge in [0, 0.05) is 69.0 Å². The fourth-order valence-corrected chi connectivity index (χ4v) is 11.8. The zero-order valence-corrected chi connectivity index (χ0v) is 46.4. The van der Waals surface area contributed by atoms with Gasteiger partial charge >= 0.3 is 5.97 Å².